The lowest BCUT2D eigenvalue weighted by atomic mass is 10.0. The van der Waals surface area contributed by atoms with Gasteiger partial charge in [0, 0.05) is 30.1 Å². The third-order valence-electron chi connectivity index (χ3n) is 9.76. The molecule has 14 nitrogen and oxygen atoms in total. The molecule has 0 radical (unpaired) electrons. The molecule has 0 unspecified atom stereocenters. The Morgan fingerprint density at radius 3 is 2.55 bits per heavy atom. The van der Waals surface area contributed by atoms with Crippen molar-refractivity contribution >= 4 is 50.6 Å². The maximum atomic E-state index is 14.3. The lowest BCUT2D eigenvalue weighted by Gasteiger charge is -2.30. The van der Waals surface area contributed by atoms with Crippen molar-refractivity contribution in [3.05, 3.63) is 54.2 Å². The summed E-state index contributed by atoms with van der Waals surface area (Å²) in [6.45, 7) is 5.09. The minimum atomic E-state index is -3.90. The molecule has 15 heteroatoms. The van der Waals surface area contributed by atoms with Crippen LogP contribution < -0.4 is 20.7 Å². The van der Waals surface area contributed by atoms with E-state index in [2.05, 4.69) is 25.7 Å². The Balaban J connectivity index is 1.27. The molecule has 4 aliphatic rings. The van der Waals surface area contributed by atoms with Gasteiger partial charge in [-0.15, -0.1) is 0 Å². The molecular weight excluding hydrogens is 676 g/mol. The number of ether oxygens (including phenoxy) is 1. The van der Waals surface area contributed by atoms with E-state index in [0.717, 1.165) is 23.7 Å². The smallest absolute Gasteiger partial charge is 0.408 e. The topological polar surface area (TPSA) is 193 Å². The van der Waals surface area contributed by atoms with E-state index in [1.165, 1.54) is 11.1 Å². The zero-order valence-electron chi connectivity index (χ0n) is 29.1. The second-order valence-corrected chi connectivity index (χ2v) is 17.0. The molecular formula is C36H46N6O8S. The molecule has 51 heavy (non-hydrogen) atoms. The lowest BCUT2D eigenvalue weighted by Crippen LogP contribution is -2.58. The first-order chi connectivity index (χ1) is 24.1. The van der Waals surface area contributed by atoms with E-state index in [0.29, 0.717) is 37.7 Å². The predicted octanol–water partition coefficient (Wildman–Crippen LogP) is 2.83. The van der Waals surface area contributed by atoms with Crippen molar-refractivity contribution in [2.24, 2.45) is 5.92 Å². The fraction of sp³-hybridized carbons (Fsp3) is 0.556. The van der Waals surface area contributed by atoms with Crippen LogP contribution in [0.5, 0.6) is 0 Å². The number of aromatic nitrogens is 1. The van der Waals surface area contributed by atoms with Gasteiger partial charge in [0.2, 0.25) is 21.8 Å². The van der Waals surface area contributed by atoms with E-state index in [-0.39, 0.29) is 19.4 Å². The summed E-state index contributed by atoms with van der Waals surface area (Å²) in [5, 5.41) is 8.61. The van der Waals surface area contributed by atoms with Crippen LogP contribution >= 0.6 is 0 Å². The molecule has 2 aromatic rings. The minimum Gasteiger partial charge on any atom is -0.444 e. The van der Waals surface area contributed by atoms with Crippen LogP contribution in [-0.4, -0.2) is 89.1 Å². The number of hydrogen-bond donors (Lipinski definition) is 4. The van der Waals surface area contributed by atoms with Crippen LogP contribution in [0.1, 0.15) is 88.9 Å². The molecule has 3 heterocycles. The number of nitrogens with one attached hydrogen (secondary N) is 4. The monoisotopic (exact) mass is 722 g/mol. The molecule has 274 valence electrons. The summed E-state index contributed by atoms with van der Waals surface area (Å²) in [6.07, 6.45) is 8.71. The van der Waals surface area contributed by atoms with Crippen molar-refractivity contribution in [2.45, 2.75) is 113 Å². The molecule has 5 amide bonds. The normalized spacial score (nSPS) is 27.9. The lowest BCUT2D eigenvalue weighted by molar-refractivity contribution is -0.141. The summed E-state index contributed by atoms with van der Waals surface area (Å²) in [4.78, 5) is 74.2. The van der Waals surface area contributed by atoms with Gasteiger partial charge in [0.25, 0.3) is 11.8 Å². The molecule has 1 aromatic heterocycles. The van der Waals surface area contributed by atoms with Crippen molar-refractivity contribution in [3.8, 4) is 0 Å². The van der Waals surface area contributed by atoms with E-state index >= 15 is 0 Å². The molecule has 1 aromatic carbocycles. The van der Waals surface area contributed by atoms with Gasteiger partial charge >= 0.3 is 6.09 Å². The molecule has 2 aliphatic heterocycles. The van der Waals surface area contributed by atoms with Gasteiger partial charge in [0.1, 0.15) is 23.2 Å². The average molecular weight is 723 g/mol. The third kappa shape index (κ3) is 8.51. The van der Waals surface area contributed by atoms with Crippen LogP contribution in [0.2, 0.25) is 0 Å². The number of allylic oxidation sites excluding steroid dienone is 1. The average Bonchev–Trinajstić information content (AvgIpc) is 3.99. The van der Waals surface area contributed by atoms with E-state index in [4.69, 9.17) is 4.74 Å². The maximum absolute atomic E-state index is 14.3. The third-order valence-corrected chi connectivity index (χ3v) is 11.6. The highest BCUT2D eigenvalue weighted by Crippen LogP contribution is 2.46. The summed E-state index contributed by atoms with van der Waals surface area (Å²) in [5.74, 6) is -2.88. The van der Waals surface area contributed by atoms with Gasteiger partial charge in [-0.3, -0.25) is 28.9 Å². The minimum absolute atomic E-state index is 0.0159. The van der Waals surface area contributed by atoms with Crippen LogP contribution in [0.4, 0.5) is 4.79 Å². The van der Waals surface area contributed by atoms with Crippen molar-refractivity contribution in [1.82, 2.24) is 30.6 Å². The summed E-state index contributed by atoms with van der Waals surface area (Å²) in [6, 6.07) is 6.25. The molecule has 2 aliphatic carbocycles. The van der Waals surface area contributed by atoms with Crippen LogP contribution in [-0.2, 0) is 29.1 Å². The number of fused-ring (bicyclic) bond motifs is 3. The zero-order chi connectivity index (χ0) is 36.6. The molecule has 0 bridgehead atoms. The molecule has 2 saturated carbocycles. The number of sulfonamides is 1. The fourth-order valence-corrected chi connectivity index (χ4v) is 8.18. The van der Waals surface area contributed by atoms with E-state index in [9.17, 15) is 32.4 Å². The first-order valence-corrected chi connectivity index (χ1v) is 19.2. The largest absolute Gasteiger partial charge is 0.444 e. The number of alkyl carbamates (subject to hydrolysis) is 1. The Morgan fingerprint density at radius 2 is 1.80 bits per heavy atom. The van der Waals surface area contributed by atoms with E-state index in [1.807, 2.05) is 36.4 Å². The number of carbonyl (C=O) groups is 5. The van der Waals surface area contributed by atoms with Crippen molar-refractivity contribution < 1.29 is 37.1 Å². The van der Waals surface area contributed by atoms with Crippen molar-refractivity contribution in [1.29, 1.82) is 0 Å². The van der Waals surface area contributed by atoms with Gasteiger partial charge in [-0.05, 0) is 77.8 Å². The molecule has 6 rings (SSSR count). The number of carbonyl (C=O) groups excluding carboxylic acids is 5. The van der Waals surface area contributed by atoms with Crippen LogP contribution in [0.3, 0.4) is 0 Å². The van der Waals surface area contributed by atoms with Gasteiger partial charge < -0.3 is 25.6 Å². The number of nitrogens with zero attached hydrogens (tertiary/aromatic N) is 2. The van der Waals surface area contributed by atoms with Crippen LogP contribution in [0.25, 0.3) is 10.9 Å². The van der Waals surface area contributed by atoms with Gasteiger partial charge in [-0.1, -0.05) is 43.2 Å². The molecule has 0 spiro atoms. The second kappa shape index (κ2) is 14.2. The second-order valence-electron chi connectivity index (χ2n) is 15.0. The first kappa shape index (κ1) is 36.3. The van der Waals surface area contributed by atoms with E-state index in [1.54, 1.807) is 26.8 Å². The van der Waals surface area contributed by atoms with Gasteiger partial charge in [0.05, 0.1) is 16.3 Å². The first-order valence-electron chi connectivity index (χ1n) is 17.7. The Bertz CT molecular complexity index is 1850. The summed E-state index contributed by atoms with van der Waals surface area (Å²) >= 11 is 0. The molecule has 1 saturated heterocycles. The fourth-order valence-electron chi connectivity index (χ4n) is 6.82. The highest BCUT2D eigenvalue weighted by molar-refractivity contribution is 7.91. The van der Waals surface area contributed by atoms with Crippen LogP contribution in [0.15, 0.2) is 48.7 Å². The summed E-state index contributed by atoms with van der Waals surface area (Å²) in [7, 11) is -3.90. The number of para-hydroxylation sites is 1. The zero-order valence-corrected chi connectivity index (χ0v) is 30.0. The Morgan fingerprint density at radius 1 is 1.04 bits per heavy atom. The standard InChI is InChI=1S/C36H46N6O8S/c1-35(2,3)50-34(47)39-28-14-8-6-4-5-7-12-24-19-36(24,33(46)41-51(48,49)26-15-16-26)40-31(44)29-18-25(21-42(29)32(28)45)38-30(43)23-17-22-11-9-10-13-27(22)37-20-23/h7,9-13,17,20,24-26,28-29H,4-6,8,14-16,18-19,21H2,1-3H3,(H,38,43)(H,39,47)(H,40,44)(H,41,46)/b12-7-/t24-,25-,28+,29+,36-/m1/s1. The number of benzene rings is 1. The maximum Gasteiger partial charge on any atom is 0.408 e. The molecule has 5 atom stereocenters. The summed E-state index contributed by atoms with van der Waals surface area (Å²) in [5.41, 5.74) is -1.30. The van der Waals surface area contributed by atoms with Gasteiger partial charge in [-0.25, -0.2) is 13.2 Å². The predicted molar refractivity (Wildman–Crippen MR) is 188 cm³/mol. The van der Waals surface area contributed by atoms with Crippen molar-refractivity contribution in [2.75, 3.05) is 6.54 Å². The Hall–Kier alpha value is -4.53. The highest BCUT2D eigenvalue weighted by atomic mass is 32.2. The number of rotatable bonds is 6. The van der Waals surface area contributed by atoms with Gasteiger partial charge in [0.15, 0.2) is 0 Å². The summed E-state index contributed by atoms with van der Waals surface area (Å²) < 4.78 is 33.2. The Labute approximate surface area is 297 Å². The number of amides is 5. The Kier molecular flexibility index (Phi) is 10.1. The SMILES string of the molecule is CC(C)(C)OC(=O)N[C@H]1CCCCC/C=C\[C@@H]2C[C@@]2(C(=O)NS(=O)(=O)C2CC2)NC(=O)[C@@H]2C[C@@H](NC(=O)c3cnc4ccccc4c3)CN2C1=O. The number of pyridine rings is 1. The molecule has 4 N–H and O–H groups in total. The highest BCUT2D eigenvalue weighted by Gasteiger charge is 2.62. The van der Waals surface area contributed by atoms with Crippen molar-refractivity contribution in [3.63, 3.8) is 0 Å². The number of hydrogen-bond acceptors (Lipinski definition) is 9. The quantitative estimate of drug-likeness (QED) is 0.325. The molecule has 3 fully saturated rings. The van der Waals surface area contributed by atoms with E-state index < -0.39 is 80.2 Å². The van der Waals surface area contributed by atoms with Crippen LogP contribution in [0, 0.1) is 5.92 Å². The van der Waals surface area contributed by atoms with Gasteiger partial charge in [-0.2, -0.15) is 0 Å².